The Morgan fingerprint density at radius 3 is 2.78 bits per heavy atom. The van der Waals surface area contributed by atoms with Crippen molar-refractivity contribution in [3.63, 3.8) is 0 Å². The molecule has 0 spiro atoms. The summed E-state index contributed by atoms with van der Waals surface area (Å²) in [7, 11) is 1.45. The summed E-state index contributed by atoms with van der Waals surface area (Å²) in [5, 5.41) is 15.8. The second-order valence-corrected chi connectivity index (χ2v) is 6.26. The molecule has 10 nitrogen and oxygen atoms in total. The summed E-state index contributed by atoms with van der Waals surface area (Å²) < 4.78 is 5.05. The van der Waals surface area contributed by atoms with Crippen molar-refractivity contribution in [3.05, 3.63) is 33.9 Å². The van der Waals surface area contributed by atoms with Crippen LogP contribution in [0.5, 0.6) is 0 Å². The largest absolute Gasteiger partial charge is 0.451 e. The van der Waals surface area contributed by atoms with Crippen LogP contribution < -0.4 is 4.90 Å². The minimum atomic E-state index is -0.733. The number of hydrogen-bond donors (Lipinski definition) is 0. The standard InChI is InChI=1S/C17H18N4O6/c1-19-15(22)7-5-13(18-19)17(24)27-10-16(23)20-8-2-3-11-9-12(21(25)26)4-6-14(11)20/h4,6,9H,2-3,5,7-8,10H2,1H3. The SMILES string of the molecule is CN1N=C(C(=O)OCC(=O)N2CCCc3cc([N+](=O)[O-])ccc32)CCC1=O. The first-order chi connectivity index (χ1) is 12.9. The minimum Gasteiger partial charge on any atom is -0.451 e. The first-order valence-electron chi connectivity index (χ1n) is 8.45. The molecule has 2 aliphatic rings. The molecular weight excluding hydrogens is 356 g/mol. The van der Waals surface area contributed by atoms with Gasteiger partial charge in [-0.1, -0.05) is 0 Å². The van der Waals surface area contributed by atoms with E-state index in [0.29, 0.717) is 30.6 Å². The highest BCUT2D eigenvalue weighted by molar-refractivity contribution is 6.37. The summed E-state index contributed by atoms with van der Waals surface area (Å²) >= 11 is 0. The number of hydrogen-bond acceptors (Lipinski definition) is 7. The molecule has 0 radical (unpaired) electrons. The minimum absolute atomic E-state index is 0.0246. The van der Waals surface area contributed by atoms with Crippen molar-refractivity contribution in [2.24, 2.45) is 5.10 Å². The van der Waals surface area contributed by atoms with Crippen LogP contribution in [0.15, 0.2) is 23.3 Å². The van der Waals surface area contributed by atoms with Crippen LogP contribution in [0.4, 0.5) is 11.4 Å². The number of nitro benzene ring substituents is 1. The van der Waals surface area contributed by atoms with Crippen LogP contribution in [0, 0.1) is 10.1 Å². The van der Waals surface area contributed by atoms with Gasteiger partial charge in [0.25, 0.3) is 11.6 Å². The van der Waals surface area contributed by atoms with E-state index in [-0.39, 0.29) is 30.1 Å². The molecular formula is C17H18N4O6. The van der Waals surface area contributed by atoms with Crippen LogP contribution >= 0.6 is 0 Å². The fraction of sp³-hybridized carbons (Fsp3) is 0.412. The summed E-state index contributed by atoms with van der Waals surface area (Å²) in [5.41, 5.74) is 1.38. The molecule has 0 aliphatic carbocycles. The first kappa shape index (κ1) is 18.5. The summed E-state index contributed by atoms with van der Waals surface area (Å²) in [6, 6.07) is 4.35. The number of amides is 2. The fourth-order valence-electron chi connectivity index (χ4n) is 3.06. The molecule has 0 saturated heterocycles. The number of benzene rings is 1. The summed E-state index contributed by atoms with van der Waals surface area (Å²) in [5.74, 6) is -1.34. The third kappa shape index (κ3) is 3.94. The van der Waals surface area contributed by atoms with E-state index in [4.69, 9.17) is 4.74 Å². The first-order valence-corrected chi connectivity index (χ1v) is 8.45. The van der Waals surface area contributed by atoms with Crippen LogP contribution in [-0.4, -0.2) is 53.6 Å². The predicted molar refractivity (Wildman–Crippen MR) is 94.2 cm³/mol. The molecule has 0 unspecified atom stereocenters. The van der Waals surface area contributed by atoms with Gasteiger partial charge in [-0.15, -0.1) is 0 Å². The molecule has 0 bridgehead atoms. The average Bonchev–Trinajstić information content (AvgIpc) is 2.66. The molecule has 1 aromatic carbocycles. The zero-order valence-corrected chi connectivity index (χ0v) is 14.7. The number of hydrazone groups is 1. The van der Waals surface area contributed by atoms with E-state index in [9.17, 15) is 24.5 Å². The van der Waals surface area contributed by atoms with Crippen molar-refractivity contribution in [3.8, 4) is 0 Å². The zero-order valence-electron chi connectivity index (χ0n) is 14.7. The molecule has 27 heavy (non-hydrogen) atoms. The Morgan fingerprint density at radius 1 is 1.30 bits per heavy atom. The molecule has 0 saturated carbocycles. The lowest BCUT2D eigenvalue weighted by atomic mass is 10.0. The molecule has 2 heterocycles. The number of non-ortho nitro benzene ring substituents is 1. The third-order valence-corrected chi connectivity index (χ3v) is 4.46. The number of carbonyl (C=O) groups is 3. The Morgan fingerprint density at radius 2 is 2.07 bits per heavy atom. The maximum atomic E-state index is 12.5. The van der Waals surface area contributed by atoms with Crippen molar-refractivity contribution in [1.29, 1.82) is 0 Å². The van der Waals surface area contributed by atoms with Gasteiger partial charge in [-0.3, -0.25) is 19.7 Å². The van der Waals surface area contributed by atoms with Crippen molar-refractivity contribution < 1.29 is 24.0 Å². The van der Waals surface area contributed by atoms with Gasteiger partial charge in [0.05, 0.1) is 4.92 Å². The molecule has 142 valence electrons. The Bertz CT molecular complexity index is 850. The van der Waals surface area contributed by atoms with Crippen LogP contribution in [-0.2, 0) is 25.5 Å². The van der Waals surface area contributed by atoms with Crippen molar-refractivity contribution in [2.75, 3.05) is 25.1 Å². The molecule has 1 aromatic rings. The quantitative estimate of drug-likeness (QED) is 0.441. The fourth-order valence-corrected chi connectivity index (χ4v) is 3.06. The highest BCUT2D eigenvalue weighted by atomic mass is 16.6. The molecule has 3 rings (SSSR count). The number of nitrogens with zero attached hydrogens (tertiary/aromatic N) is 4. The zero-order chi connectivity index (χ0) is 19.6. The van der Waals surface area contributed by atoms with E-state index in [2.05, 4.69) is 5.10 Å². The van der Waals surface area contributed by atoms with Crippen LogP contribution in [0.2, 0.25) is 0 Å². The summed E-state index contributed by atoms with van der Waals surface area (Å²) in [6.07, 6.45) is 1.63. The molecule has 0 N–H and O–H groups in total. The third-order valence-electron chi connectivity index (χ3n) is 4.46. The highest BCUT2D eigenvalue weighted by Gasteiger charge is 2.27. The Labute approximate surface area is 154 Å². The van der Waals surface area contributed by atoms with Crippen molar-refractivity contribution in [1.82, 2.24) is 5.01 Å². The second-order valence-electron chi connectivity index (χ2n) is 6.26. The van der Waals surface area contributed by atoms with Crippen LogP contribution in [0.3, 0.4) is 0 Å². The van der Waals surface area contributed by atoms with E-state index in [0.717, 1.165) is 5.01 Å². The number of esters is 1. The number of nitro groups is 1. The number of fused-ring (bicyclic) bond motifs is 1. The maximum absolute atomic E-state index is 12.5. The predicted octanol–water partition coefficient (Wildman–Crippen LogP) is 1.03. The smallest absolute Gasteiger partial charge is 0.355 e. The van der Waals surface area contributed by atoms with Gasteiger partial charge in [-0.25, -0.2) is 9.80 Å². The molecule has 0 atom stereocenters. The van der Waals surface area contributed by atoms with Crippen molar-refractivity contribution >= 4 is 34.9 Å². The lowest BCUT2D eigenvalue weighted by Crippen LogP contribution is -2.39. The summed E-state index contributed by atoms with van der Waals surface area (Å²) in [4.78, 5) is 47.8. The monoisotopic (exact) mass is 374 g/mol. The van der Waals surface area contributed by atoms with Gasteiger partial charge >= 0.3 is 5.97 Å². The van der Waals surface area contributed by atoms with E-state index in [1.54, 1.807) is 0 Å². The van der Waals surface area contributed by atoms with Gasteiger partial charge in [-0.05, 0) is 24.5 Å². The Balaban J connectivity index is 1.66. The topological polar surface area (TPSA) is 122 Å². The second kappa shape index (κ2) is 7.52. The van der Waals surface area contributed by atoms with Crippen LogP contribution in [0.1, 0.15) is 24.8 Å². The Kier molecular flexibility index (Phi) is 5.15. The number of rotatable bonds is 4. The molecule has 0 aromatic heterocycles. The molecule has 2 amide bonds. The number of aryl methyl sites for hydroxylation is 1. The molecule has 0 fully saturated rings. The average molecular weight is 374 g/mol. The van der Waals surface area contributed by atoms with Gasteiger partial charge in [0.2, 0.25) is 5.91 Å². The Hall–Kier alpha value is -3.30. The van der Waals surface area contributed by atoms with E-state index in [1.165, 1.54) is 30.1 Å². The van der Waals surface area contributed by atoms with Gasteiger partial charge in [0.1, 0.15) is 5.71 Å². The normalized spacial score (nSPS) is 16.5. The van der Waals surface area contributed by atoms with E-state index < -0.39 is 23.4 Å². The molecule has 2 aliphatic heterocycles. The highest BCUT2D eigenvalue weighted by Crippen LogP contribution is 2.30. The van der Waals surface area contributed by atoms with Crippen molar-refractivity contribution in [2.45, 2.75) is 25.7 Å². The van der Waals surface area contributed by atoms with Crippen LogP contribution in [0.25, 0.3) is 0 Å². The van der Waals surface area contributed by atoms with E-state index in [1.807, 2.05) is 0 Å². The summed E-state index contributed by atoms with van der Waals surface area (Å²) in [6.45, 7) is -0.0225. The maximum Gasteiger partial charge on any atom is 0.355 e. The van der Waals surface area contributed by atoms with Gasteiger partial charge in [0, 0.05) is 44.3 Å². The number of carbonyl (C=O) groups excluding carboxylic acids is 3. The lowest BCUT2D eigenvalue weighted by molar-refractivity contribution is -0.384. The molecule has 10 heteroatoms. The van der Waals surface area contributed by atoms with E-state index >= 15 is 0 Å². The van der Waals surface area contributed by atoms with Gasteiger partial charge in [-0.2, -0.15) is 5.10 Å². The number of ether oxygens (including phenoxy) is 1. The van der Waals surface area contributed by atoms with Gasteiger partial charge in [0.15, 0.2) is 6.61 Å². The lowest BCUT2D eigenvalue weighted by Gasteiger charge is -2.29. The van der Waals surface area contributed by atoms with Gasteiger partial charge < -0.3 is 9.64 Å². The number of anilines is 1.